The van der Waals surface area contributed by atoms with E-state index in [1.807, 2.05) is 11.8 Å². The highest BCUT2D eigenvalue weighted by Crippen LogP contribution is 1.99. The van der Waals surface area contributed by atoms with Crippen LogP contribution in [0.1, 0.15) is 45.4 Å². The van der Waals surface area contributed by atoms with E-state index in [0.717, 1.165) is 12.8 Å². The molecule has 0 nitrogen and oxygen atoms in total. The van der Waals surface area contributed by atoms with Gasteiger partial charge in [0.1, 0.15) is 0 Å². The number of unbranched alkanes of at least 4 members (excludes halogenated alkanes) is 4. The second kappa shape index (κ2) is 10.9. The molecule has 0 heterocycles. The predicted molar refractivity (Wildman–Crippen MR) is 59.5 cm³/mol. The Labute approximate surface area is 81.5 Å². The monoisotopic (exact) mass is 184 g/mol. The average molecular weight is 184 g/mol. The third-order valence-electron chi connectivity index (χ3n) is 1.68. The first-order valence-corrected chi connectivity index (χ1v) is 6.25. The van der Waals surface area contributed by atoms with Gasteiger partial charge in [0.2, 0.25) is 0 Å². The molecule has 0 saturated carbocycles. The van der Waals surface area contributed by atoms with Crippen molar-refractivity contribution in [1.82, 2.24) is 0 Å². The fourth-order valence-electron chi connectivity index (χ4n) is 0.945. The van der Waals surface area contributed by atoms with Gasteiger partial charge in [-0.25, -0.2) is 0 Å². The zero-order valence-corrected chi connectivity index (χ0v) is 9.17. The molecule has 0 aromatic carbocycles. The van der Waals surface area contributed by atoms with Crippen LogP contribution in [0.25, 0.3) is 0 Å². The second-order valence-corrected chi connectivity index (χ2v) is 3.89. The summed E-state index contributed by atoms with van der Waals surface area (Å²) >= 11 is 1.91. The molecule has 0 N–H and O–H groups in total. The van der Waals surface area contributed by atoms with Gasteiger partial charge in [-0.2, -0.15) is 11.8 Å². The van der Waals surface area contributed by atoms with Crippen molar-refractivity contribution in [2.45, 2.75) is 45.4 Å². The largest absolute Gasteiger partial charge is 0.165 e. The maximum absolute atomic E-state index is 3.22. The lowest BCUT2D eigenvalue weighted by atomic mass is 10.2. The van der Waals surface area contributed by atoms with E-state index >= 15 is 0 Å². The Kier molecular flexibility index (Phi) is 10.8. The van der Waals surface area contributed by atoms with Gasteiger partial charge in [0.15, 0.2) is 0 Å². The van der Waals surface area contributed by atoms with Crippen LogP contribution in [-0.4, -0.2) is 12.0 Å². The first-order chi connectivity index (χ1) is 5.91. The number of thioether (sulfide) groups is 1. The first kappa shape index (κ1) is 11.9. The van der Waals surface area contributed by atoms with Gasteiger partial charge in [-0.15, -0.1) is 11.8 Å². The molecule has 0 atom stereocenters. The predicted octanol–water partition coefficient (Wildman–Crippen LogP) is 3.71. The summed E-state index contributed by atoms with van der Waals surface area (Å²) in [6.45, 7) is 2.23. The molecule has 0 unspecified atom stereocenters. The van der Waals surface area contributed by atoms with Crippen LogP contribution in [0.15, 0.2) is 0 Å². The zero-order chi connectivity index (χ0) is 9.07. The molecule has 0 aliphatic rings. The first-order valence-electron chi connectivity index (χ1n) is 4.86. The van der Waals surface area contributed by atoms with E-state index in [2.05, 4.69) is 25.0 Å². The van der Waals surface area contributed by atoms with Crippen molar-refractivity contribution in [1.29, 1.82) is 0 Å². The van der Waals surface area contributed by atoms with Crippen molar-refractivity contribution in [3.05, 3.63) is 0 Å². The van der Waals surface area contributed by atoms with E-state index in [9.17, 15) is 0 Å². The van der Waals surface area contributed by atoms with Gasteiger partial charge >= 0.3 is 0 Å². The van der Waals surface area contributed by atoms with Crippen molar-refractivity contribution in [2.75, 3.05) is 12.0 Å². The molecule has 0 rings (SSSR count). The van der Waals surface area contributed by atoms with Crippen LogP contribution in [0.5, 0.6) is 0 Å². The van der Waals surface area contributed by atoms with Crippen LogP contribution in [0, 0.1) is 11.8 Å². The molecule has 70 valence electrons. The Bertz CT molecular complexity index is 116. The second-order valence-electron chi connectivity index (χ2n) is 2.91. The highest BCUT2D eigenvalue weighted by Gasteiger charge is 1.82. The normalized spacial score (nSPS) is 9.17. The molecule has 1 heteroatoms. The van der Waals surface area contributed by atoms with Gasteiger partial charge in [0, 0.05) is 12.8 Å². The topological polar surface area (TPSA) is 0 Å². The van der Waals surface area contributed by atoms with Gasteiger partial charge in [-0.05, 0) is 24.9 Å². The van der Waals surface area contributed by atoms with Crippen molar-refractivity contribution in [3.63, 3.8) is 0 Å². The molecular weight excluding hydrogens is 164 g/mol. The summed E-state index contributed by atoms with van der Waals surface area (Å²) < 4.78 is 0. The lowest BCUT2D eigenvalue weighted by Crippen LogP contribution is -1.76. The minimum atomic E-state index is 1.09. The molecule has 0 amide bonds. The van der Waals surface area contributed by atoms with Crippen molar-refractivity contribution >= 4 is 11.8 Å². The summed E-state index contributed by atoms with van der Waals surface area (Å²) in [6, 6.07) is 0. The van der Waals surface area contributed by atoms with E-state index in [1.54, 1.807) is 0 Å². The highest BCUT2D eigenvalue weighted by molar-refractivity contribution is 7.98. The van der Waals surface area contributed by atoms with Gasteiger partial charge in [-0.1, -0.05) is 19.8 Å². The third kappa shape index (κ3) is 9.91. The summed E-state index contributed by atoms with van der Waals surface area (Å²) in [5.41, 5.74) is 0. The lowest BCUT2D eigenvalue weighted by molar-refractivity contribution is 0.737. The molecule has 0 fully saturated rings. The van der Waals surface area contributed by atoms with E-state index in [0.29, 0.717) is 0 Å². The molecule has 0 spiro atoms. The lowest BCUT2D eigenvalue weighted by Gasteiger charge is -1.90. The van der Waals surface area contributed by atoms with Crippen LogP contribution >= 0.6 is 11.8 Å². The zero-order valence-electron chi connectivity index (χ0n) is 8.36. The van der Waals surface area contributed by atoms with E-state index in [1.165, 1.54) is 31.4 Å². The van der Waals surface area contributed by atoms with Crippen molar-refractivity contribution < 1.29 is 0 Å². The van der Waals surface area contributed by atoms with E-state index < -0.39 is 0 Å². The standard InChI is InChI=1S/C11H20S/c1-3-4-5-6-7-8-9-10-11-12-2/h3-6,9-11H2,1-2H3. The van der Waals surface area contributed by atoms with Gasteiger partial charge in [0.25, 0.3) is 0 Å². The maximum Gasteiger partial charge on any atom is 0.00965 e. The Balaban J connectivity index is 3.01. The van der Waals surface area contributed by atoms with Crippen LogP contribution in [0.4, 0.5) is 0 Å². The molecule has 0 radical (unpaired) electrons. The SMILES string of the molecule is CCCCCC#CCCCSC. The number of rotatable bonds is 6. The van der Waals surface area contributed by atoms with Gasteiger partial charge in [-0.3, -0.25) is 0 Å². The fourth-order valence-corrected chi connectivity index (χ4v) is 1.38. The summed E-state index contributed by atoms with van der Waals surface area (Å²) in [5.74, 6) is 7.69. The fraction of sp³-hybridized carbons (Fsp3) is 0.818. The number of hydrogen-bond acceptors (Lipinski definition) is 1. The van der Waals surface area contributed by atoms with E-state index in [-0.39, 0.29) is 0 Å². The quantitative estimate of drug-likeness (QED) is 0.448. The van der Waals surface area contributed by atoms with Gasteiger partial charge < -0.3 is 0 Å². The molecule has 0 aromatic heterocycles. The smallest absolute Gasteiger partial charge is 0.00965 e. The molecular formula is C11H20S. The highest BCUT2D eigenvalue weighted by atomic mass is 32.2. The average Bonchev–Trinajstić information content (AvgIpc) is 2.10. The van der Waals surface area contributed by atoms with Crippen LogP contribution in [0.2, 0.25) is 0 Å². The Morgan fingerprint density at radius 3 is 2.25 bits per heavy atom. The minimum absolute atomic E-state index is 1.09. The Morgan fingerprint density at radius 1 is 1.00 bits per heavy atom. The van der Waals surface area contributed by atoms with Crippen LogP contribution in [-0.2, 0) is 0 Å². The van der Waals surface area contributed by atoms with Crippen LogP contribution in [0.3, 0.4) is 0 Å². The maximum atomic E-state index is 3.22. The molecule has 0 saturated heterocycles. The summed E-state index contributed by atoms with van der Waals surface area (Å²) in [4.78, 5) is 0. The van der Waals surface area contributed by atoms with Crippen LogP contribution < -0.4 is 0 Å². The molecule has 12 heavy (non-hydrogen) atoms. The summed E-state index contributed by atoms with van der Waals surface area (Å²) in [6.07, 6.45) is 9.51. The molecule has 0 aromatic rings. The third-order valence-corrected chi connectivity index (χ3v) is 2.38. The number of hydrogen-bond donors (Lipinski definition) is 0. The Hall–Kier alpha value is -0.0900. The molecule has 0 aliphatic heterocycles. The molecule has 0 bridgehead atoms. The minimum Gasteiger partial charge on any atom is -0.165 e. The van der Waals surface area contributed by atoms with E-state index in [4.69, 9.17) is 0 Å². The summed E-state index contributed by atoms with van der Waals surface area (Å²) in [5, 5.41) is 0. The molecule has 0 aliphatic carbocycles. The van der Waals surface area contributed by atoms with Crippen molar-refractivity contribution in [3.8, 4) is 11.8 Å². The summed E-state index contributed by atoms with van der Waals surface area (Å²) in [7, 11) is 0. The van der Waals surface area contributed by atoms with Gasteiger partial charge in [0.05, 0.1) is 0 Å². The van der Waals surface area contributed by atoms with Crippen molar-refractivity contribution in [2.24, 2.45) is 0 Å². The Morgan fingerprint density at radius 2 is 1.67 bits per heavy atom.